The van der Waals surface area contributed by atoms with Crippen molar-refractivity contribution in [2.24, 2.45) is 11.3 Å². The lowest BCUT2D eigenvalue weighted by Gasteiger charge is -2.32. The molecule has 0 amide bonds. The summed E-state index contributed by atoms with van der Waals surface area (Å²) in [5.41, 5.74) is 0.362. The molecule has 0 spiro atoms. The highest BCUT2D eigenvalue weighted by Crippen LogP contribution is 2.31. The molecule has 84 valence electrons. The zero-order chi connectivity index (χ0) is 10.8. The molecule has 0 aromatic heterocycles. The van der Waals surface area contributed by atoms with Crippen molar-refractivity contribution in [3.05, 3.63) is 0 Å². The summed E-state index contributed by atoms with van der Waals surface area (Å²) in [5.74, 6) is 1.76. The van der Waals surface area contributed by atoms with Crippen LogP contribution in [0, 0.1) is 11.3 Å². The van der Waals surface area contributed by atoms with Crippen LogP contribution >= 0.6 is 12.6 Å². The minimum atomic E-state index is 0.362. The van der Waals surface area contributed by atoms with Gasteiger partial charge in [-0.25, -0.2) is 0 Å². The van der Waals surface area contributed by atoms with E-state index in [0.29, 0.717) is 5.41 Å². The van der Waals surface area contributed by atoms with Crippen molar-refractivity contribution in [3.8, 4) is 0 Å². The van der Waals surface area contributed by atoms with Crippen molar-refractivity contribution in [2.75, 3.05) is 18.8 Å². The molecule has 0 atom stereocenters. The van der Waals surface area contributed by atoms with Gasteiger partial charge in [0.1, 0.15) is 0 Å². The highest BCUT2D eigenvalue weighted by atomic mass is 32.1. The van der Waals surface area contributed by atoms with Gasteiger partial charge in [0.25, 0.3) is 0 Å². The number of thiol groups is 1. The Labute approximate surface area is 94.7 Å². The Kier molecular flexibility index (Phi) is 4.32. The molecule has 0 N–H and O–H groups in total. The second-order valence-electron chi connectivity index (χ2n) is 5.88. The summed E-state index contributed by atoms with van der Waals surface area (Å²) in [6.07, 6.45) is 2.82. The lowest BCUT2D eigenvalue weighted by Crippen LogP contribution is -2.39. The van der Waals surface area contributed by atoms with Crippen molar-refractivity contribution in [2.45, 2.75) is 46.6 Å². The van der Waals surface area contributed by atoms with Gasteiger partial charge in [0.15, 0.2) is 0 Å². The first-order valence-electron chi connectivity index (χ1n) is 5.79. The standard InChI is InChI=1S/C12H25NS/c1-10(2)7-13(11-5-6-11)8-12(3,4)9-14/h10-11,14H,5-9H2,1-4H3. The van der Waals surface area contributed by atoms with Crippen molar-refractivity contribution < 1.29 is 0 Å². The van der Waals surface area contributed by atoms with E-state index in [9.17, 15) is 0 Å². The minimum absolute atomic E-state index is 0.362. The Bertz CT molecular complexity index is 173. The Balaban J connectivity index is 2.42. The van der Waals surface area contributed by atoms with Crippen LogP contribution in [0.5, 0.6) is 0 Å². The molecule has 1 aliphatic carbocycles. The van der Waals surface area contributed by atoms with Gasteiger partial charge in [0.2, 0.25) is 0 Å². The van der Waals surface area contributed by atoms with Gasteiger partial charge in [0, 0.05) is 19.1 Å². The third-order valence-electron chi connectivity index (χ3n) is 2.72. The first kappa shape index (κ1) is 12.4. The molecule has 0 aromatic carbocycles. The molecule has 2 heteroatoms. The van der Waals surface area contributed by atoms with E-state index in [1.807, 2.05) is 0 Å². The van der Waals surface area contributed by atoms with Crippen LogP contribution in [0.3, 0.4) is 0 Å². The molecule has 0 radical (unpaired) electrons. The molecular formula is C12H25NS. The number of hydrogen-bond acceptors (Lipinski definition) is 2. The molecule has 1 rings (SSSR count). The molecule has 1 aliphatic rings. The van der Waals surface area contributed by atoms with E-state index in [1.165, 1.54) is 25.9 Å². The van der Waals surface area contributed by atoms with E-state index in [2.05, 4.69) is 45.2 Å². The summed E-state index contributed by atoms with van der Waals surface area (Å²) in [4.78, 5) is 2.67. The van der Waals surface area contributed by atoms with E-state index in [-0.39, 0.29) is 0 Å². The Morgan fingerprint density at radius 1 is 1.36 bits per heavy atom. The average molecular weight is 215 g/mol. The third kappa shape index (κ3) is 4.22. The lowest BCUT2D eigenvalue weighted by molar-refractivity contribution is 0.168. The number of rotatable bonds is 6. The second kappa shape index (κ2) is 4.89. The molecule has 0 aromatic rings. The highest BCUT2D eigenvalue weighted by molar-refractivity contribution is 7.80. The van der Waals surface area contributed by atoms with Crippen LogP contribution in [0.4, 0.5) is 0 Å². The topological polar surface area (TPSA) is 3.24 Å². The fourth-order valence-electron chi connectivity index (χ4n) is 1.85. The zero-order valence-corrected chi connectivity index (χ0v) is 11.0. The van der Waals surface area contributed by atoms with Gasteiger partial charge < -0.3 is 0 Å². The number of nitrogens with zero attached hydrogens (tertiary/aromatic N) is 1. The maximum Gasteiger partial charge on any atom is 0.00967 e. The van der Waals surface area contributed by atoms with E-state index >= 15 is 0 Å². The van der Waals surface area contributed by atoms with E-state index in [1.54, 1.807) is 0 Å². The summed E-state index contributed by atoms with van der Waals surface area (Å²) in [5, 5.41) is 0. The fraction of sp³-hybridized carbons (Fsp3) is 1.00. The van der Waals surface area contributed by atoms with Gasteiger partial charge in [-0.2, -0.15) is 12.6 Å². The van der Waals surface area contributed by atoms with Crippen LogP contribution in [0.2, 0.25) is 0 Å². The Morgan fingerprint density at radius 3 is 2.29 bits per heavy atom. The molecule has 0 aliphatic heterocycles. The maximum atomic E-state index is 4.43. The van der Waals surface area contributed by atoms with Crippen LogP contribution in [0.15, 0.2) is 0 Å². The summed E-state index contributed by atoms with van der Waals surface area (Å²) >= 11 is 4.43. The fourth-order valence-corrected chi connectivity index (χ4v) is 1.95. The second-order valence-corrected chi connectivity index (χ2v) is 6.19. The molecule has 0 bridgehead atoms. The van der Waals surface area contributed by atoms with E-state index in [4.69, 9.17) is 0 Å². The van der Waals surface area contributed by atoms with Crippen molar-refractivity contribution in [1.82, 2.24) is 4.90 Å². The summed E-state index contributed by atoms with van der Waals surface area (Å²) in [6.45, 7) is 11.7. The zero-order valence-electron chi connectivity index (χ0n) is 10.1. The van der Waals surface area contributed by atoms with Gasteiger partial charge in [-0.15, -0.1) is 0 Å². The van der Waals surface area contributed by atoms with Crippen LogP contribution in [-0.2, 0) is 0 Å². The van der Waals surface area contributed by atoms with Gasteiger partial charge >= 0.3 is 0 Å². The largest absolute Gasteiger partial charge is 0.300 e. The highest BCUT2D eigenvalue weighted by Gasteiger charge is 2.32. The smallest absolute Gasteiger partial charge is 0.00967 e. The Morgan fingerprint density at radius 2 is 1.93 bits per heavy atom. The monoisotopic (exact) mass is 215 g/mol. The van der Waals surface area contributed by atoms with E-state index < -0.39 is 0 Å². The maximum absolute atomic E-state index is 4.43. The quantitative estimate of drug-likeness (QED) is 0.667. The van der Waals surface area contributed by atoms with Crippen LogP contribution in [0.1, 0.15) is 40.5 Å². The van der Waals surface area contributed by atoms with E-state index in [0.717, 1.165) is 17.7 Å². The number of hydrogen-bond donors (Lipinski definition) is 1. The van der Waals surface area contributed by atoms with Gasteiger partial charge in [-0.05, 0) is 29.9 Å². The molecular weight excluding hydrogens is 190 g/mol. The van der Waals surface area contributed by atoms with Gasteiger partial charge in [-0.1, -0.05) is 27.7 Å². The van der Waals surface area contributed by atoms with Crippen LogP contribution in [-0.4, -0.2) is 29.8 Å². The van der Waals surface area contributed by atoms with Gasteiger partial charge in [-0.3, -0.25) is 4.90 Å². The predicted molar refractivity (Wildman–Crippen MR) is 67.1 cm³/mol. The van der Waals surface area contributed by atoms with Crippen molar-refractivity contribution in [1.29, 1.82) is 0 Å². The third-order valence-corrected chi connectivity index (χ3v) is 3.58. The van der Waals surface area contributed by atoms with Gasteiger partial charge in [0.05, 0.1) is 0 Å². The lowest BCUT2D eigenvalue weighted by atomic mass is 9.95. The summed E-state index contributed by atoms with van der Waals surface area (Å²) in [7, 11) is 0. The van der Waals surface area contributed by atoms with Crippen LogP contribution < -0.4 is 0 Å². The minimum Gasteiger partial charge on any atom is -0.300 e. The molecule has 0 saturated heterocycles. The molecule has 1 saturated carbocycles. The first-order valence-corrected chi connectivity index (χ1v) is 6.43. The SMILES string of the molecule is CC(C)CN(CC(C)(C)CS)C1CC1. The summed E-state index contributed by atoms with van der Waals surface area (Å²) in [6, 6.07) is 0.886. The normalized spacial score (nSPS) is 18.2. The van der Waals surface area contributed by atoms with Crippen LogP contribution in [0.25, 0.3) is 0 Å². The molecule has 0 unspecified atom stereocenters. The average Bonchev–Trinajstić information content (AvgIpc) is 2.84. The van der Waals surface area contributed by atoms with Crippen molar-refractivity contribution in [3.63, 3.8) is 0 Å². The molecule has 14 heavy (non-hydrogen) atoms. The molecule has 1 fully saturated rings. The Hall–Kier alpha value is 0.310. The molecule has 1 nitrogen and oxygen atoms in total. The predicted octanol–water partition coefficient (Wildman–Crippen LogP) is 3.06. The van der Waals surface area contributed by atoms with Crippen molar-refractivity contribution >= 4 is 12.6 Å². The summed E-state index contributed by atoms with van der Waals surface area (Å²) < 4.78 is 0. The first-order chi connectivity index (χ1) is 6.44. The molecule has 0 heterocycles.